The van der Waals surface area contributed by atoms with Crippen LogP contribution < -0.4 is 15.8 Å². The van der Waals surface area contributed by atoms with E-state index in [0.717, 1.165) is 6.20 Å². The molecule has 1 aromatic heterocycles. The predicted molar refractivity (Wildman–Crippen MR) is 76.3 cm³/mol. The van der Waals surface area contributed by atoms with Crippen molar-refractivity contribution in [2.75, 3.05) is 5.73 Å². The molecule has 1 atom stereocenters. The fourth-order valence-electron chi connectivity index (χ4n) is 1.44. The van der Waals surface area contributed by atoms with Gasteiger partial charge in [0.2, 0.25) is 15.9 Å². The van der Waals surface area contributed by atoms with Crippen LogP contribution in [0.2, 0.25) is 0 Å². The van der Waals surface area contributed by atoms with Crippen molar-refractivity contribution in [1.29, 1.82) is 0 Å². The third-order valence-corrected chi connectivity index (χ3v) is 3.91. The second-order valence-electron chi connectivity index (χ2n) is 5.50. The van der Waals surface area contributed by atoms with Gasteiger partial charge in [0.05, 0.1) is 11.7 Å². The molecule has 4 N–H and O–H groups in total. The average molecular weight is 300 g/mol. The zero-order chi connectivity index (χ0) is 15.6. The minimum absolute atomic E-state index is 0.0796. The SMILES string of the molecule is CC(NS(=O)(=O)c1cnccc1N)C(=O)NC(C)(C)C. The summed E-state index contributed by atoms with van der Waals surface area (Å²) < 4.78 is 26.5. The van der Waals surface area contributed by atoms with Gasteiger partial charge in [0.15, 0.2) is 0 Å². The van der Waals surface area contributed by atoms with E-state index in [1.54, 1.807) is 0 Å². The van der Waals surface area contributed by atoms with E-state index in [9.17, 15) is 13.2 Å². The number of rotatable bonds is 4. The first-order valence-electron chi connectivity index (χ1n) is 6.07. The van der Waals surface area contributed by atoms with Gasteiger partial charge in [-0.3, -0.25) is 9.78 Å². The number of nitrogens with two attached hydrogens (primary N) is 1. The minimum atomic E-state index is -3.89. The summed E-state index contributed by atoms with van der Waals surface area (Å²) >= 11 is 0. The Balaban J connectivity index is 2.87. The topological polar surface area (TPSA) is 114 Å². The lowest BCUT2D eigenvalue weighted by Crippen LogP contribution is -2.50. The first kappa shape index (κ1) is 16.4. The molecule has 0 saturated carbocycles. The number of nitrogens with one attached hydrogen (secondary N) is 2. The van der Waals surface area contributed by atoms with Crippen LogP contribution in [0.25, 0.3) is 0 Å². The van der Waals surface area contributed by atoms with Crippen LogP contribution in [0.3, 0.4) is 0 Å². The van der Waals surface area contributed by atoms with E-state index in [-0.39, 0.29) is 10.6 Å². The lowest BCUT2D eigenvalue weighted by Gasteiger charge is -2.23. The van der Waals surface area contributed by atoms with Crippen LogP contribution in [-0.2, 0) is 14.8 Å². The van der Waals surface area contributed by atoms with Crippen molar-refractivity contribution in [3.63, 3.8) is 0 Å². The Kier molecular flexibility index (Phi) is 4.72. The smallest absolute Gasteiger partial charge is 0.244 e. The maximum Gasteiger partial charge on any atom is 0.244 e. The van der Waals surface area contributed by atoms with Crippen LogP contribution in [0.1, 0.15) is 27.7 Å². The highest BCUT2D eigenvalue weighted by atomic mass is 32.2. The molecule has 0 aliphatic rings. The maximum absolute atomic E-state index is 12.1. The molecule has 112 valence electrons. The first-order chi connectivity index (χ1) is 9.03. The second-order valence-corrected chi connectivity index (χ2v) is 7.18. The monoisotopic (exact) mass is 300 g/mol. The van der Waals surface area contributed by atoms with Gasteiger partial charge in [-0.15, -0.1) is 0 Å². The minimum Gasteiger partial charge on any atom is -0.398 e. The Morgan fingerprint density at radius 2 is 2.00 bits per heavy atom. The average Bonchev–Trinajstić information content (AvgIpc) is 2.26. The summed E-state index contributed by atoms with van der Waals surface area (Å²) in [5.74, 6) is -0.413. The number of carbonyl (C=O) groups excluding carboxylic acids is 1. The maximum atomic E-state index is 12.1. The number of carbonyl (C=O) groups is 1. The Morgan fingerprint density at radius 1 is 1.40 bits per heavy atom. The van der Waals surface area contributed by atoms with E-state index < -0.39 is 27.5 Å². The summed E-state index contributed by atoms with van der Waals surface area (Å²) in [5, 5.41) is 2.69. The molecule has 0 aromatic carbocycles. The molecule has 0 aliphatic heterocycles. The van der Waals surface area contributed by atoms with Crippen molar-refractivity contribution in [3.05, 3.63) is 18.5 Å². The summed E-state index contributed by atoms with van der Waals surface area (Å²) in [6, 6.07) is 0.466. The van der Waals surface area contributed by atoms with E-state index in [1.165, 1.54) is 19.2 Å². The van der Waals surface area contributed by atoms with Crippen molar-refractivity contribution in [3.8, 4) is 0 Å². The third kappa shape index (κ3) is 4.46. The Labute approximate surface area is 119 Å². The molecule has 1 unspecified atom stereocenters. The van der Waals surface area contributed by atoms with E-state index in [0.29, 0.717) is 0 Å². The van der Waals surface area contributed by atoms with Gasteiger partial charge in [-0.1, -0.05) is 0 Å². The molecule has 0 bridgehead atoms. The summed E-state index contributed by atoms with van der Waals surface area (Å²) in [5.41, 5.74) is 5.24. The lowest BCUT2D eigenvalue weighted by atomic mass is 10.1. The van der Waals surface area contributed by atoms with E-state index in [1.807, 2.05) is 20.8 Å². The number of hydrogen-bond donors (Lipinski definition) is 3. The largest absolute Gasteiger partial charge is 0.398 e. The standard InChI is InChI=1S/C12H20N4O3S/c1-8(11(17)15-12(2,3)4)16-20(18,19)10-7-14-6-5-9(10)13/h5-8,16H,1-4H3,(H2,13,14)(H,15,17). The number of aromatic nitrogens is 1. The molecule has 1 heterocycles. The predicted octanol–water partition coefficient (Wildman–Crippen LogP) is 0.245. The molecule has 1 amide bonds. The quantitative estimate of drug-likeness (QED) is 0.737. The van der Waals surface area contributed by atoms with Crippen molar-refractivity contribution >= 4 is 21.6 Å². The van der Waals surface area contributed by atoms with Gasteiger partial charge in [0.25, 0.3) is 0 Å². The highest BCUT2D eigenvalue weighted by Crippen LogP contribution is 2.15. The summed E-state index contributed by atoms with van der Waals surface area (Å²) in [6.07, 6.45) is 2.54. The molecule has 1 rings (SSSR count). The van der Waals surface area contributed by atoms with Gasteiger partial charge >= 0.3 is 0 Å². The van der Waals surface area contributed by atoms with Crippen LogP contribution in [-0.4, -0.2) is 30.9 Å². The van der Waals surface area contributed by atoms with Crippen molar-refractivity contribution < 1.29 is 13.2 Å². The van der Waals surface area contributed by atoms with Gasteiger partial charge in [-0.25, -0.2) is 8.42 Å². The fourth-order valence-corrected chi connectivity index (χ4v) is 2.72. The number of nitrogen functional groups attached to an aromatic ring is 1. The van der Waals surface area contributed by atoms with Crippen molar-refractivity contribution in [2.24, 2.45) is 0 Å². The van der Waals surface area contributed by atoms with Crippen LogP contribution in [0, 0.1) is 0 Å². The molecule has 0 radical (unpaired) electrons. The molecular formula is C12H20N4O3S. The Bertz CT molecular complexity index is 593. The molecule has 0 spiro atoms. The van der Waals surface area contributed by atoms with Gasteiger partial charge in [-0.2, -0.15) is 4.72 Å². The number of anilines is 1. The molecule has 0 aliphatic carbocycles. The Hall–Kier alpha value is -1.67. The van der Waals surface area contributed by atoms with Gasteiger partial charge < -0.3 is 11.1 Å². The highest BCUT2D eigenvalue weighted by Gasteiger charge is 2.25. The second kappa shape index (κ2) is 5.76. The molecule has 1 aromatic rings. The summed E-state index contributed by atoms with van der Waals surface area (Å²) in [4.78, 5) is 15.4. The van der Waals surface area contributed by atoms with Crippen LogP contribution >= 0.6 is 0 Å². The number of hydrogen-bond acceptors (Lipinski definition) is 5. The normalized spacial score (nSPS) is 13.8. The van der Waals surface area contributed by atoms with E-state index >= 15 is 0 Å². The van der Waals surface area contributed by atoms with E-state index in [4.69, 9.17) is 5.73 Å². The number of amides is 1. The Morgan fingerprint density at radius 3 is 2.50 bits per heavy atom. The molecule has 0 fully saturated rings. The van der Waals surface area contributed by atoms with Crippen molar-refractivity contribution in [2.45, 2.75) is 44.2 Å². The summed E-state index contributed by atoms with van der Waals surface area (Å²) in [7, 11) is -3.89. The number of pyridine rings is 1. The summed E-state index contributed by atoms with van der Waals surface area (Å²) in [6.45, 7) is 6.90. The molecular weight excluding hydrogens is 280 g/mol. The molecule has 7 nitrogen and oxygen atoms in total. The number of sulfonamides is 1. The van der Waals surface area contributed by atoms with Crippen molar-refractivity contribution in [1.82, 2.24) is 15.0 Å². The first-order valence-corrected chi connectivity index (χ1v) is 7.55. The lowest BCUT2D eigenvalue weighted by molar-refractivity contribution is -0.123. The van der Waals surface area contributed by atoms with Gasteiger partial charge in [0.1, 0.15) is 4.90 Å². The fraction of sp³-hybridized carbons (Fsp3) is 0.500. The van der Waals surface area contributed by atoms with Gasteiger partial charge in [-0.05, 0) is 33.8 Å². The van der Waals surface area contributed by atoms with Crippen LogP contribution in [0.5, 0.6) is 0 Å². The van der Waals surface area contributed by atoms with Crippen LogP contribution in [0.4, 0.5) is 5.69 Å². The third-order valence-electron chi connectivity index (χ3n) is 2.33. The molecule has 20 heavy (non-hydrogen) atoms. The molecule has 8 heteroatoms. The number of nitrogens with zero attached hydrogens (tertiary/aromatic N) is 1. The van der Waals surface area contributed by atoms with Crippen LogP contribution in [0.15, 0.2) is 23.4 Å². The van der Waals surface area contributed by atoms with E-state index in [2.05, 4.69) is 15.0 Å². The van der Waals surface area contributed by atoms with Gasteiger partial charge in [0, 0.05) is 17.9 Å². The zero-order valence-electron chi connectivity index (χ0n) is 12.0. The molecule has 0 saturated heterocycles. The zero-order valence-corrected chi connectivity index (χ0v) is 12.8. The highest BCUT2D eigenvalue weighted by molar-refractivity contribution is 7.89.